The Bertz CT molecular complexity index is 188. The van der Waals surface area contributed by atoms with Crippen molar-refractivity contribution in [2.75, 3.05) is 0 Å². The van der Waals surface area contributed by atoms with Gasteiger partial charge in [-0.05, 0) is 19.4 Å². The van der Waals surface area contributed by atoms with Crippen molar-refractivity contribution in [1.82, 2.24) is 0 Å². The Morgan fingerprint density at radius 3 is 1.92 bits per heavy atom. The predicted octanol–water partition coefficient (Wildman–Crippen LogP) is 4.85. The Balaban J connectivity index is 0. The Morgan fingerprint density at radius 2 is 1.67 bits per heavy atom. The first-order chi connectivity index (χ1) is 5.59. The fourth-order valence-corrected chi connectivity index (χ4v) is 0.749. The van der Waals surface area contributed by atoms with Gasteiger partial charge in [0, 0.05) is 0 Å². The van der Waals surface area contributed by atoms with Crippen LogP contribution < -0.4 is 0 Å². The summed E-state index contributed by atoms with van der Waals surface area (Å²) in [5, 5.41) is 0.914. The van der Waals surface area contributed by atoms with E-state index in [0.29, 0.717) is 10.1 Å². The van der Waals surface area contributed by atoms with Crippen molar-refractivity contribution in [2.24, 2.45) is 0 Å². The summed E-state index contributed by atoms with van der Waals surface area (Å²) in [5.41, 5.74) is 0.934. The average molecular weight is 207 g/mol. The normalized spacial score (nSPS) is 11.8. The monoisotopic (exact) mass is 206 g/mol. The van der Waals surface area contributed by atoms with Crippen molar-refractivity contribution < 1.29 is 0 Å². The van der Waals surface area contributed by atoms with Crippen LogP contribution in [0.3, 0.4) is 0 Å². The third kappa shape index (κ3) is 6.51. The zero-order valence-electron chi connectivity index (χ0n) is 8.12. The van der Waals surface area contributed by atoms with Crippen LogP contribution in [-0.2, 0) is 0 Å². The molecule has 0 aromatic rings. The molecule has 12 heavy (non-hydrogen) atoms. The molecule has 0 aliphatic heterocycles. The van der Waals surface area contributed by atoms with Crippen molar-refractivity contribution in [2.45, 2.75) is 27.7 Å². The molecule has 0 atom stereocenters. The van der Waals surface area contributed by atoms with Gasteiger partial charge >= 0.3 is 0 Å². The molecule has 0 N–H and O–H groups in total. The fourth-order valence-electron chi connectivity index (χ4n) is 0.537. The lowest BCUT2D eigenvalue weighted by Gasteiger charge is -1.96. The summed E-state index contributed by atoms with van der Waals surface area (Å²) in [6.07, 6.45) is 3.79. The first-order valence-corrected chi connectivity index (χ1v) is 4.69. The molecule has 0 amide bonds. The lowest BCUT2D eigenvalue weighted by Crippen LogP contribution is -1.75. The van der Waals surface area contributed by atoms with Gasteiger partial charge in [-0.25, -0.2) is 0 Å². The van der Waals surface area contributed by atoms with Crippen molar-refractivity contribution in [3.8, 4) is 0 Å². The largest absolute Gasteiger partial charge is 0.0873 e. The molecule has 0 aliphatic carbocycles. The van der Waals surface area contributed by atoms with E-state index in [2.05, 4.69) is 6.58 Å². The second-order valence-electron chi connectivity index (χ2n) is 1.90. The smallest absolute Gasteiger partial charge is 0.0615 e. The van der Waals surface area contributed by atoms with E-state index >= 15 is 0 Å². The molecule has 0 aromatic carbocycles. The second-order valence-corrected chi connectivity index (χ2v) is 2.74. The molecule has 0 aromatic heterocycles. The van der Waals surface area contributed by atoms with Gasteiger partial charge in [-0.1, -0.05) is 55.8 Å². The Morgan fingerprint density at radius 1 is 1.25 bits per heavy atom. The van der Waals surface area contributed by atoms with Crippen LogP contribution in [0.1, 0.15) is 27.7 Å². The summed E-state index contributed by atoms with van der Waals surface area (Å²) >= 11 is 11.3. The highest BCUT2D eigenvalue weighted by Crippen LogP contribution is 2.21. The van der Waals surface area contributed by atoms with Gasteiger partial charge < -0.3 is 0 Å². The molecule has 0 nitrogen and oxygen atoms in total. The summed E-state index contributed by atoms with van der Waals surface area (Å²) in [7, 11) is 0. The van der Waals surface area contributed by atoms with Gasteiger partial charge in [-0.2, -0.15) is 0 Å². The lowest BCUT2D eigenvalue weighted by molar-refractivity contribution is 1.48. The highest BCUT2D eigenvalue weighted by atomic mass is 35.5. The molecule has 0 unspecified atom stereocenters. The van der Waals surface area contributed by atoms with Crippen molar-refractivity contribution >= 4 is 23.2 Å². The SMILES string of the molecule is C=C(Cl)/C(Cl)=C(C)\C=C/C.CC. The summed E-state index contributed by atoms with van der Waals surface area (Å²) in [4.78, 5) is 0. The Labute approximate surface area is 85.6 Å². The fraction of sp³-hybridized carbons (Fsp3) is 0.400. The standard InChI is InChI=1S/C8H10Cl2.C2H6/c1-4-5-6(2)8(10)7(3)9;1-2/h4-5H,3H2,1-2H3;1-2H3/b5-4-,8-6+;. The highest BCUT2D eigenvalue weighted by Gasteiger charge is 1.96. The van der Waals surface area contributed by atoms with Crippen LogP contribution in [0.25, 0.3) is 0 Å². The van der Waals surface area contributed by atoms with Gasteiger partial charge in [0.15, 0.2) is 0 Å². The average Bonchev–Trinajstić information content (AvgIpc) is 2.07. The summed E-state index contributed by atoms with van der Waals surface area (Å²) in [5.74, 6) is 0. The Kier molecular flexibility index (Phi) is 10.6. The van der Waals surface area contributed by atoms with Gasteiger partial charge in [0.25, 0.3) is 0 Å². The van der Waals surface area contributed by atoms with Crippen molar-refractivity contribution in [1.29, 1.82) is 0 Å². The molecule has 0 heterocycles. The van der Waals surface area contributed by atoms with Crippen molar-refractivity contribution in [3.05, 3.63) is 34.4 Å². The summed E-state index contributed by atoms with van der Waals surface area (Å²) in [6.45, 7) is 11.3. The quantitative estimate of drug-likeness (QED) is 0.567. The molecule has 0 radical (unpaired) electrons. The van der Waals surface area contributed by atoms with Crippen LogP contribution in [0.2, 0.25) is 0 Å². The van der Waals surface area contributed by atoms with Crippen LogP contribution in [-0.4, -0.2) is 0 Å². The molecule has 2 heteroatoms. The number of allylic oxidation sites excluding steroid dienone is 5. The van der Waals surface area contributed by atoms with E-state index in [1.54, 1.807) is 0 Å². The number of hydrogen-bond acceptors (Lipinski definition) is 0. The third-order valence-electron chi connectivity index (χ3n) is 1.00. The van der Waals surface area contributed by atoms with E-state index in [0.717, 1.165) is 5.57 Å². The lowest BCUT2D eigenvalue weighted by atomic mass is 10.2. The van der Waals surface area contributed by atoms with Gasteiger partial charge in [0.1, 0.15) is 0 Å². The third-order valence-corrected chi connectivity index (χ3v) is 1.81. The van der Waals surface area contributed by atoms with E-state index in [1.165, 1.54) is 0 Å². The molecule has 0 spiro atoms. The predicted molar refractivity (Wildman–Crippen MR) is 59.7 cm³/mol. The molecule has 0 aliphatic rings. The summed E-state index contributed by atoms with van der Waals surface area (Å²) in [6, 6.07) is 0. The van der Waals surface area contributed by atoms with E-state index in [9.17, 15) is 0 Å². The van der Waals surface area contributed by atoms with Crippen LogP contribution in [0, 0.1) is 0 Å². The molecule has 0 fully saturated rings. The minimum atomic E-state index is 0.386. The number of halogens is 2. The van der Waals surface area contributed by atoms with Gasteiger partial charge in [0.05, 0.1) is 10.1 Å². The second kappa shape index (κ2) is 8.89. The molecule has 0 rings (SSSR count). The highest BCUT2D eigenvalue weighted by molar-refractivity contribution is 6.44. The van der Waals surface area contributed by atoms with E-state index in [-0.39, 0.29) is 0 Å². The number of rotatable bonds is 2. The van der Waals surface area contributed by atoms with Gasteiger partial charge in [-0.15, -0.1) is 0 Å². The maximum absolute atomic E-state index is 5.74. The minimum Gasteiger partial charge on any atom is -0.0873 e. The van der Waals surface area contributed by atoms with Crippen LogP contribution in [0.5, 0.6) is 0 Å². The molecule has 70 valence electrons. The summed E-state index contributed by atoms with van der Waals surface area (Å²) < 4.78 is 0. The van der Waals surface area contributed by atoms with E-state index < -0.39 is 0 Å². The molecule has 0 bridgehead atoms. The topological polar surface area (TPSA) is 0 Å². The maximum Gasteiger partial charge on any atom is 0.0615 e. The first-order valence-electron chi connectivity index (χ1n) is 3.93. The van der Waals surface area contributed by atoms with Crippen LogP contribution in [0.15, 0.2) is 34.4 Å². The zero-order valence-corrected chi connectivity index (χ0v) is 9.63. The van der Waals surface area contributed by atoms with E-state index in [4.69, 9.17) is 23.2 Å². The molecular weight excluding hydrogens is 191 g/mol. The molecule has 0 saturated carbocycles. The first kappa shape index (κ1) is 14.3. The molecular formula is C10H16Cl2. The van der Waals surface area contributed by atoms with E-state index in [1.807, 2.05) is 39.8 Å². The minimum absolute atomic E-state index is 0.386. The van der Waals surface area contributed by atoms with Crippen LogP contribution >= 0.6 is 23.2 Å². The number of hydrogen-bond donors (Lipinski definition) is 0. The molecule has 0 saturated heterocycles. The van der Waals surface area contributed by atoms with Crippen LogP contribution in [0.4, 0.5) is 0 Å². The van der Waals surface area contributed by atoms with Gasteiger partial charge in [0.2, 0.25) is 0 Å². The van der Waals surface area contributed by atoms with Crippen molar-refractivity contribution in [3.63, 3.8) is 0 Å². The zero-order chi connectivity index (χ0) is 10.1. The Hall–Kier alpha value is -0.200. The van der Waals surface area contributed by atoms with Gasteiger partial charge in [-0.3, -0.25) is 0 Å². The maximum atomic E-state index is 5.74.